The fraction of sp³-hybridized carbons (Fsp3) is 0.462. The number of nitriles is 1. The Labute approximate surface area is 95.7 Å². The maximum Gasteiger partial charge on any atom is 0.156 e. The molecule has 3 nitrogen and oxygen atoms in total. The summed E-state index contributed by atoms with van der Waals surface area (Å²) in [5.74, 6) is -0.103. The van der Waals surface area contributed by atoms with E-state index in [-0.39, 0.29) is 12.0 Å². The lowest BCUT2D eigenvalue weighted by Gasteiger charge is -2.39. The van der Waals surface area contributed by atoms with Gasteiger partial charge in [0, 0.05) is 18.4 Å². The molecule has 1 fully saturated rings. The van der Waals surface area contributed by atoms with Crippen LogP contribution in [0, 0.1) is 17.2 Å². The summed E-state index contributed by atoms with van der Waals surface area (Å²) in [5.41, 5.74) is -0.0745. The van der Waals surface area contributed by atoms with Crippen LogP contribution in [0.2, 0.25) is 0 Å². The highest BCUT2D eigenvalue weighted by Gasteiger charge is 2.42. The summed E-state index contributed by atoms with van der Waals surface area (Å²) >= 11 is 0. The van der Waals surface area contributed by atoms with Gasteiger partial charge in [0.05, 0.1) is 6.07 Å². The van der Waals surface area contributed by atoms with E-state index in [0.29, 0.717) is 13.0 Å². The van der Waals surface area contributed by atoms with E-state index in [1.807, 2.05) is 43.3 Å². The first-order valence-electron chi connectivity index (χ1n) is 5.59. The van der Waals surface area contributed by atoms with Gasteiger partial charge in [-0.2, -0.15) is 5.26 Å². The summed E-state index contributed by atoms with van der Waals surface area (Å²) in [6.07, 6.45) is 0.494. The zero-order valence-corrected chi connectivity index (χ0v) is 9.35. The Morgan fingerprint density at radius 3 is 2.75 bits per heavy atom. The SMILES string of the molecule is C[C@@H]1[C@@H](c2ccccc2)NCC[C@]1(O)C#N. The fourth-order valence-electron chi connectivity index (χ4n) is 2.32. The van der Waals surface area contributed by atoms with Gasteiger partial charge < -0.3 is 10.4 Å². The van der Waals surface area contributed by atoms with Gasteiger partial charge >= 0.3 is 0 Å². The van der Waals surface area contributed by atoms with Crippen molar-refractivity contribution in [1.29, 1.82) is 5.26 Å². The lowest BCUT2D eigenvalue weighted by atomic mass is 9.76. The Morgan fingerprint density at radius 2 is 2.12 bits per heavy atom. The maximum atomic E-state index is 10.2. The van der Waals surface area contributed by atoms with Crippen molar-refractivity contribution >= 4 is 0 Å². The average Bonchev–Trinajstić information content (AvgIpc) is 2.34. The van der Waals surface area contributed by atoms with E-state index in [4.69, 9.17) is 5.26 Å². The van der Waals surface area contributed by atoms with Crippen LogP contribution in [0.3, 0.4) is 0 Å². The molecule has 2 N–H and O–H groups in total. The van der Waals surface area contributed by atoms with Crippen molar-refractivity contribution in [2.45, 2.75) is 25.0 Å². The number of hydrogen-bond donors (Lipinski definition) is 2. The largest absolute Gasteiger partial charge is 0.375 e. The van der Waals surface area contributed by atoms with Crippen LogP contribution in [0.25, 0.3) is 0 Å². The first-order valence-corrected chi connectivity index (χ1v) is 5.59. The smallest absolute Gasteiger partial charge is 0.156 e. The molecule has 1 aliphatic heterocycles. The molecule has 16 heavy (non-hydrogen) atoms. The minimum absolute atomic E-state index is 0.0552. The molecule has 0 unspecified atom stereocenters. The second-order valence-corrected chi connectivity index (χ2v) is 4.42. The molecule has 1 aromatic rings. The van der Waals surface area contributed by atoms with E-state index in [1.54, 1.807) is 0 Å². The van der Waals surface area contributed by atoms with Gasteiger partial charge in [0.25, 0.3) is 0 Å². The second-order valence-electron chi connectivity index (χ2n) is 4.42. The number of hydrogen-bond acceptors (Lipinski definition) is 3. The standard InChI is InChI=1S/C13H16N2O/c1-10-12(11-5-3-2-4-6-11)15-8-7-13(10,16)9-14/h2-6,10,12,15-16H,7-8H2,1H3/t10-,12+,13+/m1/s1. The molecule has 0 spiro atoms. The first kappa shape index (κ1) is 11.1. The zero-order chi connectivity index (χ0) is 11.6. The molecule has 0 radical (unpaired) electrons. The molecule has 3 heteroatoms. The van der Waals surface area contributed by atoms with Crippen molar-refractivity contribution < 1.29 is 5.11 Å². The Hall–Kier alpha value is -1.37. The van der Waals surface area contributed by atoms with Crippen molar-refractivity contribution in [3.8, 4) is 6.07 Å². The third kappa shape index (κ3) is 1.82. The summed E-state index contributed by atoms with van der Waals surface area (Å²) in [6, 6.07) is 12.1. The quantitative estimate of drug-likeness (QED) is 0.701. The molecule has 2 rings (SSSR count). The van der Waals surface area contributed by atoms with E-state index in [1.165, 1.54) is 0 Å². The number of aliphatic hydroxyl groups is 1. The molecular formula is C13H16N2O. The van der Waals surface area contributed by atoms with Gasteiger partial charge in [-0.25, -0.2) is 0 Å². The Balaban J connectivity index is 2.27. The van der Waals surface area contributed by atoms with E-state index < -0.39 is 5.60 Å². The summed E-state index contributed by atoms with van der Waals surface area (Å²) in [4.78, 5) is 0. The minimum Gasteiger partial charge on any atom is -0.375 e. The molecule has 3 atom stereocenters. The third-order valence-electron chi connectivity index (χ3n) is 3.48. The Kier molecular flexibility index (Phi) is 2.95. The van der Waals surface area contributed by atoms with Crippen molar-refractivity contribution in [1.82, 2.24) is 5.32 Å². The van der Waals surface area contributed by atoms with Gasteiger partial charge in [-0.3, -0.25) is 0 Å². The molecule has 0 amide bonds. The van der Waals surface area contributed by atoms with Gasteiger partial charge in [-0.1, -0.05) is 37.3 Å². The Bertz CT molecular complexity index is 398. The molecule has 1 aromatic carbocycles. The van der Waals surface area contributed by atoms with E-state index in [0.717, 1.165) is 5.56 Å². The van der Waals surface area contributed by atoms with Crippen LogP contribution in [0.1, 0.15) is 24.9 Å². The number of nitrogens with one attached hydrogen (secondary N) is 1. The van der Waals surface area contributed by atoms with Crippen molar-refractivity contribution in [3.05, 3.63) is 35.9 Å². The monoisotopic (exact) mass is 216 g/mol. The molecule has 0 aromatic heterocycles. The summed E-state index contributed by atoms with van der Waals surface area (Å²) in [5, 5.41) is 22.6. The van der Waals surface area contributed by atoms with Crippen molar-refractivity contribution in [3.63, 3.8) is 0 Å². The van der Waals surface area contributed by atoms with Crippen LogP contribution in [-0.4, -0.2) is 17.3 Å². The predicted octanol–water partition coefficient (Wildman–Crippen LogP) is 1.61. The molecule has 1 saturated heterocycles. The first-order chi connectivity index (χ1) is 7.67. The van der Waals surface area contributed by atoms with Crippen molar-refractivity contribution in [2.75, 3.05) is 6.54 Å². The lowest BCUT2D eigenvalue weighted by Crippen LogP contribution is -2.49. The summed E-state index contributed by atoms with van der Waals surface area (Å²) in [6.45, 7) is 2.60. The van der Waals surface area contributed by atoms with Crippen LogP contribution in [0.5, 0.6) is 0 Å². The normalized spacial score (nSPS) is 34.3. The highest BCUT2D eigenvalue weighted by atomic mass is 16.3. The molecule has 84 valence electrons. The highest BCUT2D eigenvalue weighted by Crippen LogP contribution is 2.35. The molecule has 0 aliphatic carbocycles. The van der Waals surface area contributed by atoms with Gasteiger partial charge in [0.1, 0.15) is 0 Å². The molecular weight excluding hydrogens is 200 g/mol. The number of nitrogens with zero attached hydrogens (tertiary/aromatic N) is 1. The lowest BCUT2D eigenvalue weighted by molar-refractivity contribution is -0.00372. The zero-order valence-electron chi connectivity index (χ0n) is 9.35. The van der Waals surface area contributed by atoms with Crippen molar-refractivity contribution in [2.24, 2.45) is 5.92 Å². The van der Waals surface area contributed by atoms with Crippen LogP contribution in [0.4, 0.5) is 0 Å². The van der Waals surface area contributed by atoms with Crippen LogP contribution < -0.4 is 5.32 Å². The number of piperidine rings is 1. The van der Waals surface area contributed by atoms with Crippen LogP contribution in [-0.2, 0) is 0 Å². The summed E-state index contributed by atoms with van der Waals surface area (Å²) < 4.78 is 0. The van der Waals surface area contributed by atoms with E-state index in [2.05, 4.69) is 5.32 Å². The van der Waals surface area contributed by atoms with Gasteiger partial charge in [0.15, 0.2) is 5.60 Å². The second kappa shape index (κ2) is 4.25. The molecule has 1 aliphatic rings. The van der Waals surface area contributed by atoms with Gasteiger partial charge in [-0.15, -0.1) is 0 Å². The highest BCUT2D eigenvalue weighted by molar-refractivity contribution is 5.23. The Morgan fingerprint density at radius 1 is 1.44 bits per heavy atom. The van der Waals surface area contributed by atoms with Gasteiger partial charge in [0.2, 0.25) is 0 Å². The third-order valence-corrected chi connectivity index (χ3v) is 3.48. The van der Waals surface area contributed by atoms with Gasteiger partial charge in [-0.05, 0) is 12.1 Å². The van der Waals surface area contributed by atoms with E-state index in [9.17, 15) is 5.11 Å². The maximum absolute atomic E-state index is 10.2. The average molecular weight is 216 g/mol. The topological polar surface area (TPSA) is 56.0 Å². The minimum atomic E-state index is -1.20. The summed E-state index contributed by atoms with van der Waals surface area (Å²) in [7, 11) is 0. The van der Waals surface area contributed by atoms with E-state index >= 15 is 0 Å². The fourth-order valence-corrected chi connectivity index (χ4v) is 2.32. The van der Waals surface area contributed by atoms with Crippen LogP contribution in [0.15, 0.2) is 30.3 Å². The number of rotatable bonds is 1. The molecule has 0 bridgehead atoms. The molecule has 0 saturated carbocycles. The number of benzene rings is 1. The molecule has 1 heterocycles. The predicted molar refractivity (Wildman–Crippen MR) is 61.5 cm³/mol. The van der Waals surface area contributed by atoms with Crippen LogP contribution >= 0.6 is 0 Å².